The largest absolute Gasteiger partial charge is 0.361 e. The average molecular weight is 293 g/mol. The van der Waals surface area contributed by atoms with Gasteiger partial charge in [-0.2, -0.15) is 4.98 Å². The van der Waals surface area contributed by atoms with Crippen molar-refractivity contribution in [1.29, 1.82) is 0 Å². The van der Waals surface area contributed by atoms with E-state index in [1.54, 1.807) is 14.0 Å². The maximum absolute atomic E-state index is 11.3. The van der Waals surface area contributed by atoms with Gasteiger partial charge in [0.1, 0.15) is 5.69 Å². The van der Waals surface area contributed by atoms with E-state index in [0.29, 0.717) is 23.4 Å². The standard InChI is InChI=1S/C14H23N5O2/c1-4-10-6-5-7-11(8-10)17-13-12(19(20)21)9(2)16-14(15-3)18-13/h10-11H,4-8H2,1-3H3,(H2,15,16,17,18). The molecule has 1 aromatic rings. The van der Waals surface area contributed by atoms with Crippen LogP contribution in [0.2, 0.25) is 0 Å². The highest BCUT2D eigenvalue weighted by Crippen LogP contribution is 2.32. The average Bonchev–Trinajstić information content (AvgIpc) is 2.46. The Balaban J connectivity index is 2.25. The lowest BCUT2D eigenvalue weighted by Gasteiger charge is -2.29. The zero-order valence-electron chi connectivity index (χ0n) is 12.8. The number of rotatable bonds is 5. The fraction of sp³-hybridized carbons (Fsp3) is 0.714. The molecular formula is C14H23N5O2. The number of aryl methyl sites for hydroxylation is 1. The number of anilines is 2. The summed E-state index contributed by atoms with van der Waals surface area (Å²) in [6, 6.07) is 0.251. The monoisotopic (exact) mass is 293 g/mol. The molecule has 0 bridgehead atoms. The van der Waals surface area contributed by atoms with E-state index in [2.05, 4.69) is 27.5 Å². The third-order valence-corrected chi connectivity index (χ3v) is 4.17. The predicted molar refractivity (Wildman–Crippen MR) is 82.6 cm³/mol. The molecule has 0 radical (unpaired) electrons. The van der Waals surface area contributed by atoms with E-state index in [-0.39, 0.29) is 11.7 Å². The maximum Gasteiger partial charge on any atom is 0.332 e. The van der Waals surface area contributed by atoms with Crippen LogP contribution in [0, 0.1) is 23.0 Å². The summed E-state index contributed by atoms with van der Waals surface area (Å²) in [4.78, 5) is 19.2. The Morgan fingerprint density at radius 1 is 1.38 bits per heavy atom. The number of hydrogen-bond acceptors (Lipinski definition) is 6. The Hall–Kier alpha value is -1.92. The Morgan fingerprint density at radius 3 is 2.76 bits per heavy atom. The second kappa shape index (κ2) is 6.69. The minimum absolute atomic E-state index is 0.0207. The van der Waals surface area contributed by atoms with Gasteiger partial charge in [0.25, 0.3) is 0 Å². The lowest BCUT2D eigenvalue weighted by atomic mass is 9.84. The summed E-state index contributed by atoms with van der Waals surface area (Å²) >= 11 is 0. The summed E-state index contributed by atoms with van der Waals surface area (Å²) in [6.07, 6.45) is 5.65. The topological polar surface area (TPSA) is 93.0 Å². The van der Waals surface area contributed by atoms with Crippen LogP contribution >= 0.6 is 0 Å². The third kappa shape index (κ3) is 3.59. The summed E-state index contributed by atoms with van der Waals surface area (Å²) in [6.45, 7) is 3.84. The molecular weight excluding hydrogens is 270 g/mol. The number of hydrogen-bond donors (Lipinski definition) is 2. The first-order chi connectivity index (χ1) is 10.0. The van der Waals surface area contributed by atoms with Crippen LogP contribution in [0.5, 0.6) is 0 Å². The summed E-state index contributed by atoms with van der Waals surface area (Å²) in [5.41, 5.74) is 0.359. The molecule has 1 aromatic heterocycles. The summed E-state index contributed by atoms with van der Waals surface area (Å²) < 4.78 is 0. The van der Waals surface area contributed by atoms with Gasteiger partial charge in [0.05, 0.1) is 4.92 Å². The summed E-state index contributed by atoms with van der Waals surface area (Å²) in [5, 5.41) is 17.4. The molecule has 0 aromatic carbocycles. The first kappa shape index (κ1) is 15.5. The molecule has 116 valence electrons. The van der Waals surface area contributed by atoms with Gasteiger partial charge in [-0.15, -0.1) is 0 Å². The van der Waals surface area contributed by atoms with E-state index in [1.807, 2.05) is 0 Å². The molecule has 0 spiro atoms. The van der Waals surface area contributed by atoms with E-state index in [4.69, 9.17) is 0 Å². The van der Waals surface area contributed by atoms with Gasteiger partial charge in [-0.1, -0.05) is 26.2 Å². The summed E-state index contributed by atoms with van der Waals surface area (Å²) in [5.74, 6) is 1.43. The van der Waals surface area contributed by atoms with Gasteiger partial charge >= 0.3 is 5.69 Å². The molecule has 0 saturated heterocycles. The lowest BCUT2D eigenvalue weighted by molar-refractivity contribution is -0.385. The predicted octanol–water partition coefficient (Wildman–Crippen LogP) is 3.12. The highest BCUT2D eigenvalue weighted by molar-refractivity contribution is 5.61. The minimum atomic E-state index is -0.406. The van der Waals surface area contributed by atoms with Gasteiger partial charge in [-0.25, -0.2) is 4.98 Å². The normalized spacial score (nSPS) is 21.9. The number of aromatic nitrogens is 2. The number of nitrogens with one attached hydrogen (secondary N) is 2. The van der Waals surface area contributed by atoms with Crippen molar-refractivity contribution in [3.63, 3.8) is 0 Å². The van der Waals surface area contributed by atoms with E-state index in [0.717, 1.165) is 25.7 Å². The van der Waals surface area contributed by atoms with Crippen molar-refractivity contribution in [3.8, 4) is 0 Å². The van der Waals surface area contributed by atoms with Crippen LogP contribution < -0.4 is 10.6 Å². The van der Waals surface area contributed by atoms with E-state index in [1.165, 1.54) is 6.42 Å². The van der Waals surface area contributed by atoms with Gasteiger partial charge in [-0.3, -0.25) is 10.1 Å². The minimum Gasteiger partial charge on any atom is -0.361 e. The summed E-state index contributed by atoms with van der Waals surface area (Å²) in [7, 11) is 1.71. The molecule has 7 heteroatoms. The Labute approximate surface area is 124 Å². The molecule has 1 saturated carbocycles. The SMILES string of the molecule is CCC1CCCC(Nc2nc(NC)nc(C)c2[N+](=O)[O-])C1. The molecule has 2 unspecified atom stereocenters. The fourth-order valence-electron chi connectivity index (χ4n) is 2.98. The zero-order chi connectivity index (χ0) is 15.4. The van der Waals surface area contributed by atoms with E-state index < -0.39 is 4.92 Å². The van der Waals surface area contributed by atoms with Crippen molar-refractivity contribution in [2.75, 3.05) is 17.7 Å². The van der Waals surface area contributed by atoms with Crippen molar-refractivity contribution >= 4 is 17.5 Å². The van der Waals surface area contributed by atoms with Gasteiger partial charge in [-0.05, 0) is 25.7 Å². The van der Waals surface area contributed by atoms with Crippen molar-refractivity contribution in [2.24, 2.45) is 5.92 Å². The van der Waals surface area contributed by atoms with Crippen LogP contribution in [0.4, 0.5) is 17.5 Å². The van der Waals surface area contributed by atoms with Crippen molar-refractivity contribution in [2.45, 2.75) is 52.0 Å². The first-order valence-corrected chi connectivity index (χ1v) is 7.52. The molecule has 2 atom stereocenters. The van der Waals surface area contributed by atoms with Crippen molar-refractivity contribution in [3.05, 3.63) is 15.8 Å². The molecule has 0 amide bonds. The van der Waals surface area contributed by atoms with Crippen LogP contribution in [0.3, 0.4) is 0 Å². The highest BCUT2D eigenvalue weighted by atomic mass is 16.6. The molecule has 7 nitrogen and oxygen atoms in total. The van der Waals surface area contributed by atoms with Crippen molar-refractivity contribution in [1.82, 2.24) is 9.97 Å². The van der Waals surface area contributed by atoms with Gasteiger partial charge in [0.2, 0.25) is 11.8 Å². The van der Waals surface area contributed by atoms with E-state index in [9.17, 15) is 10.1 Å². The third-order valence-electron chi connectivity index (χ3n) is 4.17. The molecule has 1 aliphatic rings. The molecule has 1 fully saturated rings. The second-order valence-corrected chi connectivity index (χ2v) is 5.62. The van der Waals surface area contributed by atoms with Crippen molar-refractivity contribution < 1.29 is 4.92 Å². The zero-order valence-corrected chi connectivity index (χ0v) is 12.8. The molecule has 1 heterocycles. The Morgan fingerprint density at radius 2 is 2.14 bits per heavy atom. The number of nitrogens with zero attached hydrogens (tertiary/aromatic N) is 3. The van der Waals surface area contributed by atoms with Crippen LogP contribution in [0.15, 0.2) is 0 Å². The van der Waals surface area contributed by atoms with Crippen LogP contribution in [-0.4, -0.2) is 28.0 Å². The lowest BCUT2D eigenvalue weighted by Crippen LogP contribution is -2.28. The maximum atomic E-state index is 11.3. The van der Waals surface area contributed by atoms with Gasteiger partial charge in [0.15, 0.2) is 0 Å². The van der Waals surface area contributed by atoms with Gasteiger partial charge < -0.3 is 10.6 Å². The Kier molecular flexibility index (Phi) is 4.93. The molecule has 1 aliphatic carbocycles. The fourth-order valence-corrected chi connectivity index (χ4v) is 2.98. The molecule has 0 aliphatic heterocycles. The first-order valence-electron chi connectivity index (χ1n) is 7.52. The molecule has 2 N–H and O–H groups in total. The Bertz CT molecular complexity index is 520. The van der Waals surface area contributed by atoms with Crippen LogP contribution in [-0.2, 0) is 0 Å². The van der Waals surface area contributed by atoms with Gasteiger partial charge in [0, 0.05) is 13.1 Å². The quantitative estimate of drug-likeness (QED) is 0.640. The van der Waals surface area contributed by atoms with E-state index >= 15 is 0 Å². The molecule has 21 heavy (non-hydrogen) atoms. The smallest absolute Gasteiger partial charge is 0.332 e. The highest BCUT2D eigenvalue weighted by Gasteiger charge is 2.26. The van der Waals surface area contributed by atoms with Crippen LogP contribution in [0.25, 0.3) is 0 Å². The molecule has 2 rings (SSSR count). The second-order valence-electron chi connectivity index (χ2n) is 5.62. The number of nitro groups is 1. The van der Waals surface area contributed by atoms with Crippen LogP contribution in [0.1, 0.15) is 44.7 Å².